The summed E-state index contributed by atoms with van der Waals surface area (Å²) in [5.41, 5.74) is 0. The lowest BCUT2D eigenvalue weighted by Gasteiger charge is -2.11. The Morgan fingerprint density at radius 3 is 3.00 bits per heavy atom. The van der Waals surface area contributed by atoms with E-state index in [0.717, 1.165) is 22.9 Å². The van der Waals surface area contributed by atoms with Crippen molar-refractivity contribution in [3.05, 3.63) is 21.3 Å². The molecule has 2 nitrogen and oxygen atoms in total. The van der Waals surface area contributed by atoms with E-state index in [1.165, 1.54) is 0 Å². The molecule has 0 aromatic carbocycles. The van der Waals surface area contributed by atoms with Crippen LogP contribution in [0.2, 0.25) is 5.02 Å². The monoisotopic (exact) mass is 219 g/mol. The van der Waals surface area contributed by atoms with E-state index in [0.29, 0.717) is 6.04 Å². The van der Waals surface area contributed by atoms with Crippen LogP contribution < -0.4 is 5.32 Å². The minimum atomic E-state index is 0.229. The topological polar surface area (TPSA) is 32.3 Å². The molecule has 0 saturated carbocycles. The SMILES string of the molecule is C[C@H](CCO)NCc1sccc1Cl. The van der Waals surface area contributed by atoms with Gasteiger partial charge >= 0.3 is 0 Å². The van der Waals surface area contributed by atoms with Gasteiger partial charge in [0.15, 0.2) is 0 Å². The van der Waals surface area contributed by atoms with Crippen LogP contribution in [0.5, 0.6) is 0 Å². The third-order valence-corrected chi connectivity index (χ3v) is 3.25. The molecule has 13 heavy (non-hydrogen) atoms. The summed E-state index contributed by atoms with van der Waals surface area (Å²) in [7, 11) is 0. The minimum absolute atomic E-state index is 0.229. The van der Waals surface area contributed by atoms with Crippen molar-refractivity contribution in [3.8, 4) is 0 Å². The quantitative estimate of drug-likeness (QED) is 0.797. The van der Waals surface area contributed by atoms with E-state index >= 15 is 0 Å². The second-order valence-electron chi connectivity index (χ2n) is 2.99. The van der Waals surface area contributed by atoms with E-state index in [1.807, 2.05) is 11.4 Å². The first-order chi connectivity index (χ1) is 6.24. The van der Waals surface area contributed by atoms with Crippen LogP contribution in [0.1, 0.15) is 18.2 Å². The molecule has 0 amide bonds. The molecule has 1 aromatic rings. The second kappa shape index (κ2) is 5.60. The summed E-state index contributed by atoms with van der Waals surface area (Å²) in [6.45, 7) is 3.07. The first-order valence-electron chi connectivity index (χ1n) is 4.30. The summed E-state index contributed by atoms with van der Waals surface area (Å²) < 4.78 is 0. The number of thiophene rings is 1. The Hall–Kier alpha value is -0.0900. The van der Waals surface area contributed by atoms with Crippen LogP contribution in [0, 0.1) is 0 Å². The van der Waals surface area contributed by atoms with Gasteiger partial charge in [-0.1, -0.05) is 11.6 Å². The normalized spacial score (nSPS) is 13.2. The molecule has 1 rings (SSSR count). The molecule has 0 aliphatic rings. The summed E-state index contributed by atoms with van der Waals surface area (Å²) in [5.74, 6) is 0. The second-order valence-corrected chi connectivity index (χ2v) is 4.39. The molecule has 0 bridgehead atoms. The molecular weight excluding hydrogens is 206 g/mol. The zero-order valence-corrected chi connectivity index (χ0v) is 9.16. The van der Waals surface area contributed by atoms with Crippen molar-refractivity contribution in [2.24, 2.45) is 0 Å². The van der Waals surface area contributed by atoms with Gasteiger partial charge < -0.3 is 10.4 Å². The van der Waals surface area contributed by atoms with Crippen LogP contribution in [0.4, 0.5) is 0 Å². The number of halogens is 1. The van der Waals surface area contributed by atoms with Crippen LogP contribution in [-0.2, 0) is 6.54 Å². The standard InChI is InChI=1S/C9H14ClNOS/c1-7(2-4-12)11-6-9-8(10)3-5-13-9/h3,5,7,11-12H,2,4,6H2,1H3/t7-/m1/s1. The van der Waals surface area contributed by atoms with Crippen LogP contribution in [0.15, 0.2) is 11.4 Å². The zero-order chi connectivity index (χ0) is 9.68. The largest absolute Gasteiger partial charge is 0.396 e. The van der Waals surface area contributed by atoms with Crippen LogP contribution >= 0.6 is 22.9 Å². The Bertz CT molecular complexity index is 252. The van der Waals surface area contributed by atoms with Gasteiger partial charge in [0.1, 0.15) is 0 Å². The number of rotatable bonds is 5. The third-order valence-electron chi connectivity index (χ3n) is 1.86. The maximum Gasteiger partial charge on any atom is 0.0558 e. The molecule has 74 valence electrons. The number of hydrogen-bond donors (Lipinski definition) is 2. The van der Waals surface area contributed by atoms with E-state index in [2.05, 4.69) is 12.2 Å². The Morgan fingerprint density at radius 1 is 1.69 bits per heavy atom. The van der Waals surface area contributed by atoms with Crippen LogP contribution in [-0.4, -0.2) is 17.8 Å². The summed E-state index contributed by atoms with van der Waals surface area (Å²) in [6, 6.07) is 2.24. The Morgan fingerprint density at radius 2 is 2.46 bits per heavy atom. The first kappa shape index (κ1) is 11.0. The lowest BCUT2D eigenvalue weighted by Crippen LogP contribution is -2.26. The predicted octanol–water partition coefficient (Wildman–Crippen LogP) is 2.26. The highest BCUT2D eigenvalue weighted by Gasteiger charge is 2.04. The van der Waals surface area contributed by atoms with Gasteiger partial charge in [0.2, 0.25) is 0 Å². The summed E-state index contributed by atoms with van der Waals surface area (Å²) >= 11 is 7.57. The number of nitrogens with one attached hydrogen (secondary N) is 1. The molecule has 1 aromatic heterocycles. The molecule has 4 heteroatoms. The number of hydrogen-bond acceptors (Lipinski definition) is 3. The Kier molecular flexibility index (Phi) is 4.73. The highest BCUT2D eigenvalue weighted by molar-refractivity contribution is 7.10. The predicted molar refractivity (Wildman–Crippen MR) is 57.3 cm³/mol. The van der Waals surface area contributed by atoms with E-state index < -0.39 is 0 Å². The zero-order valence-electron chi connectivity index (χ0n) is 7.59. The lowest BCUT2D eigenvalue weighted by atomic mass is 10.2. The van der Waals surface area contributed by atoms with Gasteiger partial charge in [-0.15, -0.1) is 11.3 Å². The van der Waals surface area contributed by atoms with Crippen molar-refractivity contribution in [3.63, 3.8) is 0 Å². The van der Waals surface area contributed by atoms with Crippen molar-refractivity contribution in [1.29, 1.82) is 0 Å². The maximum atomic E-state index is 8.68. The van der Waals surface area contributed by atoms with Gasteiger partial charge in [0.05, 0.1) is 5.02 Å². The van der Waals surface area contributed by atoms with E-state index in [1.54, 1.807) is 11.3 Å². The minimum Gasteiger partial charge on any atom is -0.396 e. The highest BCUT2D eigenvalue weighted by Crippen LogP contribution is 2.21. The summed E-state index contributed by atoms with van der Waals surface area (Å²) in [5, 5.41) is 14.8. The lowest BCUT2D eigenvalue weighted by molar-refractivity contribution is 0.269. The molecule has 0 radical (unpaired) electrons. The highest BCUT2D eigenvalue weighted by atomic mass is 35.5. The molecule has 1 heterocycles. The molecule has 0 spiro atoms. The van der Waals surface area contributed by atoms with E-state index in [-0.39, 0.29) is 6.61 Å². The van der Waals surface area contributed by atoms with Gasteiger partial charge in [0, 0.05) is 24.1 Å². The molecule has 0 aliphatic heterocycles. The summed E-state index contributed by atoms with van der Waals surface area (Å²) in [6.07, 6.45) is 0.781. The average molecular weight is 220 g/mol. The van der Waals surface area contributed by atoms with Crippen molar-refractivity contribution < 1.29 is 5.11 Å². The van der Waals surface area contributed by atoms with Gasteiger partial charge in [-0.25, -0.2) is 0 Å². The van der Waals surface area contributed by atoms with Gasteiger partial charge in [0.25, 0.3) is 0 Å². The molecular formula is C9H14ClNOS. The van der Waals surface area contributed by atoms with Crippen LogP contribution in [0.25, 0.3) is 0 Å². The van der Waals surface area contributed by atoms with E-state index in [9.17, 15) is 0 Å². The van der Waals surface area contributed by atoms with E-state index in [4.69, 9.17) is 16.7 Å². The first-order valence-corrected chi connectivity index (χ1v) is 5.56. The fraction of sp³-hybridized carbons (Fsp3) is 0.556. The fourth-order valence-corrected chi connectivity index (χ4v) is 2.07. The third kappa shape index (κ3) is 3.65. The maximum absolute atomic E-state index is 8.68. The van der Waals surface area contributed by atoms with Gasteiger partial charge in [-0.05, 0) is 24.8 Å². The molecule has 0 aliphatic carbocycles. The Balaban J connectivity index is 2.30. The molecule has 0 unspecified atom stereocenters. The Labute approximate surface area is 87.5 Å². The van der Waals surface area contributed by atoms with Gasteiger partial charge in [-0.3, -0.25) is 0 Å². The van der Waals surface area contributed by atoms with Crippen molar-refractivity contribution >= 4 is 22.9 Å². The van der Waals surface area contributed by atoms with Crippen molar-refractivity contribution in [1.82, 2.24) is 5.32 Å². The van der Waals surface area contributed by atoms with Gasteiger partial charge in [-0.2, -0.15) is 0 Å². The summed E-state index contributed by atoms with van der Waals surface area (Å²) in [4.78, 5) is 1.16. The molecule has 0 saturated heterocycles. The molecule has 1 atom stereocenters. The van der Waals surface area contributed by atoms with Crippen molar-refractivity contribution in [2.75, 3.05) is 6.61 Å². The van der Waals surface area contributed by atoms with Crippen molar-refractivity contribution in [2.45, 2.75) is 25.9 Å². The smallest absolute Gasteiger partial charge is 0.0558 e. The number of aliphatic hydroxyl groups excluding tert-OH is 1. The number of aliphatic hydroxyl groups is 1. The fourth-order valence-electron chi connectivity index (χ4n) is 1.01. The molecule has 2 N–H and O–H groups in total. The molecule has 0 fully saturated rings. The van der Waals surface area contributed by atoms with Crippen LogP contribution in [0.3, 0.4) is 0 Å². The average Bonchev–Trinajstić information content (AvgIpc) is 2.48.